The minimum absolute atomic E-state index is 0.222. The van der Waals surface area contributed by atoms with Crippen LogP contribution < -0.4 is 14.8 Å². The van der Waals surface area contributed by atoms with Crippen molar-refractivity contribution >= 4 is 15.9 Å². The Morgan fingerprint density at radius 2 is 1.66 bits per heavy atom. The normalized spacial score (nSPS) is 10.8. The third-order valence-corrected chi connectivity index (χ3v) is 5.00. The van der Waals surface area contributed by atoms with Gasteiger partial charge in [-0.15, -0.1) is 0 Å². The van der Waals surface area contributed by atoms with Gasteiger partial charge in [-0.1, -0.05) is 42.0 Å². The summed E-state index contributed by atoms with van der Waals surface area (Å²) in [5.41, 5.74) is 4.43. The third kappa shape index (κ3) is 6.31. The molecule has 0 atom stereocenters. The second kappa shape index (κ2) is 10.4. The Kier molecular flexibility index (Phi) is 7.67. The van der Waals surface area contributed by atoms with Gasteiger partial charge in [-0.2, -0.15) is 0 Å². The zero-order valence-corrected chi connectivity index (χ0v) is 18.3. The standard InChI is InChI=1S/C24H25BrFNO2/c1-3-28-23-13-20(15-27-14-18-7-9-21(26)10-8-18)12-22(25)24(23)29-16-19-6-4-5-17(2)11-19/h4-13,27H,3,14-16H2,1-2H3. The van der Waals surface area contributed by atoms with E-state index in [2.05, 4.69) is 46.4 Å². The van der Waals surface area contributed by atoms with Crippen molar-refractivity contribution in [3.05, 3.63) is 93.2 Å². The molecule has 3 aromatic carbocycles. The molecule has 0 saturated heterocycles. The fourth-order valence-electron chi connectivity index (χ4n) is 3.04. The minimum atomic E-state index is -0.222. The van der Waals surface area contributed by atoms with Gasteiger partial charge in [0.2, 0.25) is 0 Å². The molecule has 0 aliphatic rings. The van der Waals surface area contributed by atoms with Gasteiger partial charge < -0.3 is 14.8 Å². The molecule has 0 amide bonds. The summed E-state index contributed by atoms with van der Waals surface area (Å²) in [4.78, 5) is 0. The first kappa shape index (κ1) is 21.3. The Morgan fingerprint density at radius 3 is 2.38 bits per heavy atom. The van der Waals surface area contributed by atoms with Gasteiger partial charge in [-0.05, 0) is 70.7 Å². The van der Waals surface area contributed by atoms with E-state index in [0.29, 0.717) is 37.8 Å². The van der Waals surface area contributed by atoms with E-state index in [-0.39, 0.29) is 5.82 Å². The van der Waals surface area contributed by atoms with Gasteiger partial charge in [-0.3, -0.25) is 0 Å². The molecule has 3 aromatic rings. The van der Waals surface area contributed by atoms with Crippen molar-refractivity contribution in [3.8, 4) is 11.5 Å². The number of hydrogen-bond acceptors (Lipinski definition) is 3. The van der Waals surface area contributed by atoms with Crippen molar-refractivity contribution in [2.24, 2.45) is 0 Å². The Balaban J connectivity index is 1.67. The van der Waals surface area contributed by atoms with E-state index in [1.54, 1.807) is 12.1 Å². The molecular weight excluding hydrogens is 433 g/mol. The maximum atomic E-state index is 13.0. The van der Waals surface area contributed by atoms with Crippen LogP contribution in [0.5, 0.6) is 11.5 Å². The SMILES string of the molecule is CCOc1cc(CNCc2ccc(F)cc2)cc(Br)c1OCc1cccc(C)c1. The predicted octanol–water partition coefficient (Wildman–Crippen LogP) is 6.16. The van der Waals surface area contributed by atoms with E-state index >= 15 is 0 Å². The Bertz CT molecular complexity index is 944. The lowest BCUT2D eigenvalue weighted by Crippen LogP contribution is -2.13. The van der Waals surface area contributed by atoms with Crippen LogP contribution in [0.1, 0.15) is 29.2 Å². The number of nitrogens with one attached hydrogen (secondary N) is 1. The lowest BCUT2D eigenvalue weighted by atomic mass is 10.1. The molecule has 3 rings (SSSR count). The summed E-state index contributed by atoms with van der Waals surface area (Å²) in [6.07, 6.45) is 0. The van der Waals surface area contributed by atoms with Crippen LogP contribution in [0.15, 0.2) is 65.1 Å². The zero-order chi connectivity index (χ0) is 20.6. The van der Waals surface area contributed by atoms with Crippen LogP contribution in [0.3, 0.4) is 0 Å². The first-order valence-electron chi connectivity index (χ1n) is 9.64. The zero-order valence-electron chi connectivity index (χ0n) is 16.7. The van der Waals surface area contributed by atoms with Crippen LogP contribution in [0, 0.1) is 12.7 Å². The molecule has 152 valence electrons. The molecule has 0 aromatic heterocycles. The number of rotatable bonds is 9. The van der Waals surface area contributed by atoms with Gasteiger partial charge in [-0.25, -0.2) is 4.39 Å². The highest BCUT2D eigenvalue weighted by atomic mass is 79.9. The molecule has 29 heavy (non-hydrogen) atoms. The van der Waals surface area contributed by atoms with E-state index in [9.17, 15) is 4.39 Å². The molecule has 0 aliphatic heterocycles. The van der Waals surface area contributed by atoms with Gasteiger partial charge in [0.1, 0.15) is 12.4 Å². The monoisotopic (exact) mass is 457 g/mol. The molecule has 5 heteroatoms. The second-order valence-corrected chi connectivity index (χ2v) is 7.70. The Morgan fingerprint density at radius 1 is 0.897 bits per heavy atom. The van der Waals surface area contributed by atoms with E-state index in [0.717, 1.165) is 21.2 Å². The molecule has 1 N–H and O–H groups in total. The average Bonchev–Trinajstić information content (AvgIpc) is 2.69. The summed E-state index contributed by atoms with van der Waals surface area (Å²) in [7, 11) is 0. The smallest absolute Gasteiger partial charge is 0.175 e. The highest BCUT2D eigenvalue weighted by Gasteiger charge is 2.13. The molecule has 0 bridgehead atoms. The highest BCUT2D eigenvalue weighted by molar-refractivity contribution is 9.10. The number of halogens is 2. The van der Waals surface area contributed by atoms with E-state index in [1.807, 2.05) is 25.1 Å². The Labute approximate surface area is 180 Å². The molecule has 0 aliphatic carbocycles. The molecule has 0 unspecified atom stereocenters. The van der Waals surface area contributed by atoms with Gasteiger partial charge in [0.05, 0.1) is 11.1 Å². The topological polar surface area (TPSA) is 30.5 Å². The summed E-state index contributed by atoms with van der Waals surface area (Å²) in [6.45, 7) is 6.38. The molecule has 0 fully saturated rings. The summed E-state index contributed by atoms with van der Waals surface area (Å²) >= 11 is 3.63. The fourth-order valence-corrected chi connectivity index (χ4v) is 3.64. The summed E-state index contributed by atoms with van der Waals surface area (Å²) in [5.74, 6) is 1.20. The van der Waals surface area contributed by atoms with Crippen LogP contribution in [-0.2, 0) is 19.7 Å². The highest BCUT2D eigenvalue weighted by Crippen LogP contribution is 2.37. The fraction of sp³-hybridized carbons (Fsp3) is 0.250. The van der Waals surface area contributed by atoms with Gasteiger partial charge in [0.25, 0.3) is 0 Å². The van der Waals surface area contributed by atoms with Crippen LogP contribution in [0.4, 0.5) is 4.39 Å². The van der Waals surface area contributed by atoms with Crippen LogP contribution >= 0.6 is 15.9 Å². The first-order chi connectivity index (χ1) is 14.0. The molecule has 0 heterocycles. The van der Waals surface area contributed by atoms with Crippen molar-refractivity contribution in [2.75, 3.05) is 6.61 Å². The van der Waals surface area contributed by atoms with E-state index in [4.69, 9.17) is 9.47 Å². The third-order valence-electron chi connectivity index (χ3n) is 4.41. The molecule has 0 radical (unpaired) electrons. The lowest BCUT2D eigenvalue weighted by Gasteiger charge is -2.16. The van der Waals surface area contributed by atoms with Crippen LogP contribution in [0.2, 0.25) is 0 Å². The van der Waals surface area contributed by atoms with Crippen molar-refractivity contribution in [3.63, 3.8) is 0 Å². The quantitative estimate of drug-likeness (QED) is 0.417. The molecule has 0 spiro atoms. The lowest BCUT2D eigenvalue weighted by molar-refractivity contribution is 0.267. The van der Waals surface area contributed by atoms with E-state index < -0.39 is 0 Å². The number of ether oxygens (including phenoxy) is 2. The summed E-state index contributed by atoms with van der Waals surface area (Å²) in [5, 5.41) is 3.38. The number of benzene rings is 3. The van der Waals surface area contributed by atoms with Gasteiger partial charge in [0.15, 0.2) is 11.5 Å². The largest absolute Gasteiger partial charge is 0.490 e. The van der Waals surface area contributed by atoms with Crippen molar-refractivity contribution in [1.82, 2.24) is 5.32 Å². The van der Waals surface area contributed by atoms with Crippen molar-refractivity contribution in [2.45, 2.75) is 33.5 Å². The molecular formula is C24H25BrFNO2. The summed E-state index contributed by atoms with van der Waals surface area (Å²) < 4.78 is 25.8. The average molecular weight is 458 g/mol. The summed E-state index contributed by atoms with van der Waals surface area (Å²) in [6, 6.07) is 18.8. The first-order valence-corrected chi connectivity index (χ1v) is 10.4. The maximum Gasteiger partial charge on any atom is 0.175 e. The van der Waals surface area contributed by atoms with Gasteiger partial charge in [0, 0.05) is 13.1 Å². The maximum absolute atomic E-state index is 13.0. The predicted molar refractivity (Wildman–Crippen MR) is 118 cm³/mol. The second-order valence-electron chi connectivity index (χ2n) is 6.85. The van der Waals surface area contributed by atoms with Crippen LogP contribution in [0.25, 0.3) is 0 Å². The van der Waals surface area contributed by atoms with Crippen molar-refractivity contribution in [1.29, 1.82) is 0 Å². The molecule has 3 nitrogen and oxygen atoms in total. The van der Waals surface area contributed by atoms with E-state index in [1.165, 1.54) is 17.7 Å². The number of aryl methyl sites for hydroxylation is 1. The number of hydrogen-bond donors (Lipinski definition) is 1. The van der Waals surface area contributed by atoms with Gasteiger partial charge >= 0.3 is 0 Å². The minimum Gasteiger partial charge on any atom is -0.490 e. The molecule has 0 saturated carbocycles. The van der Waals surface area contributed by atoms with Crippen LogP contribution in [-0.4, -0.2) is 6.61 Å². The Hall–Kier alpha value is -2.37. The van der Waals surface area contributed by atoms with Crippen molar-refractivity contribution < 1.29 is 13.9 Å².